The van der Waals surface area contributed by atoms with E-state index >= 15 is 0 Å². The number of nitrogens with two attached hydrogens (primary N) is 1. The smallest absolute Gasteiger partial charge is 0.251 e. The van der Waals surface area contributed by atoms with Gasteiger partial charge in [0.05, 0.1) is 11.4 Å². The third-order valence-corrected chi connectivity index (χ3v) is 4.64. The van der Waals surface area contributed by atoms with Crippen LogP contribution in [0.2, 0.25) is 0 Å². The molecule has 1 aliphatic heterocycles. The number of rotatable bonds is 2. The Labute approximate surface area is 140 Å². The SMILES string of the molecule is CC(O)C(=O)N1CCCC(n2nc(I)c3c(N)ncnc32)C1. The summed E-state index contributed by atoms with van der Waals surface area (Å²) in [6.07, 6.45) is 2.21. The van der Waals surface area contributed by atoms with Crippen molar-refractivity contribution in [3.63, 3.8) is 0 Å². The molecule has 2 aromatic rings. The predicted octanol–water partition coefficient (Wildman–Crippen LogP) is 0.557. The Morgan fingerprint density at radius 2 is 2.32 bits per heavy atom. The quantitative estimate of drug-likeness (QED) is 0.693. The fraction of sp³-hybridized carbons (Fsp3) is 0.538. The number of carbonyl (C=O) groups excluding carboxylic acids is 1. The molecule has 3 heterocycles. The second-order valence-corrected chi connectivity index (χ2v) is 6.47. The predicted molar refractivity (Wildman–Crippen MR) is 89.0 cm³/mol. The molecular weight excluding hydrogens is 399 g/mol. The number of aromatic nitrogens is 4. The molecule has 2 atom stereocenters. The van der Waals surface area contributed by atoms with Gasteiger partial charge in [0.25, 0.3) is 5.91 Å². The highest BCUT2D eigenvalue weighted by atomic mass is 127. The first-order chi connectivity index (χ1) is 10.5. The zero-order valence-corrected chi connectivity index (χ0v) is 14.3. The lowest BCUT2D eigenvalue weighted by Crippen LogP contribution is -2.44. The molecule has 22 heavy (non-hydrogen) atoms. The highest BCUT2D eigenvalue weighted by Crippen LogP contribution is 2.29. The van der Waals surface area contributed by atoms with Crippen molar-refractivity contribution in [3.05, 3.63) is 10.0 Å². The summed E-state index contributed by atoms with van der Waals surface area (Å²) in [5, 5.41) is 14.8. The topological polar surface area (TPSA) is 110 Å². The first kappa shape index (κ1) is 15.4. The van der Waals surface area contributed by atoms with Crippen LogP contribution in [0.3, 0.4) is 0 Å². The van der Waals surface area contributed by atoms with Gasteiger partial charge >= 0.3 is 0 Å². The third-order valence-electron chi connectivity index (χ3n) is 3.89. The molecule has 118 valence electrons. The Balaban J connectivity index is 1.94. The van der Waals surface area contributed by atoms with Gasteiger partial charge in [-0.2, -0.15) is 5.10 Å². The van der Waals surface area contributed by atoms with Gasteiger partial charge in [0.1, 0.15) is 21.9 Å². The zero-order chi connectivity index (χ0) is 15.9. The number of hydrogen-bond acceptors (Lipinski definition) is 6. The molecule has 2 unspecified atom stereocenters. The Kier molecular flexibility index (Phi) is 4.17. The average molecular weight is 416 g/mol. The lowest BCUT2D eigenvalue weighted by molar-refractivity contribution is -0.141. The summed E-state index contributed by atoms with van der Waals surface area (Å²) in [6, 6.07) is 0.0248. The molecule has 1 fully saturated rings. The van der Waals surface area contributed by atoms with Crippen LogP contribution in [0.1, 0.15) is 25.8 Å². The van der Waals surface area contributed by atoms with Crippen molar-refractivity contribution in [2.75, 3.05) is 18.8 Å². The average Bonchev–Trinajstić information content (AvgIpc) is 2.85. The van der Waals surface area contributed by atoms with Crippen molar-refractivity contribution >= 4 is 45.3 Å². The van der Waals surface area contributed by atoms with Crippen molar-refractivity contribution in [2.24, 2.45) is 0 Å². The van der Waals surface area contributed by atoms with Crippen LogP contribution in [0, 0.1) is 3.70 Å². The molecule has 1 amide bonds. The number of piperidine rings is 1. The van der Waals surface area contributed by atoms with Crippen LogP contribution in [0.5, 0.6) is 0 Å². The van der Waals surface area contributed by atoms with Gasteiger partial charge in [0.15, 0.2) is 5.65 Å². The summed E-state index contributed by atoms with van der Waals surface area (Å²) in [5.74, 6) is 0.165. The molecule has 8 nitrogen and oxygen atoms in total. The number of aliphatic hydroxyl groups excluding tert-OH is 1. The maximum atomic E-state index is 12.0. The summed E-state index contributed by atoms with van der Waals surface area (Å²) in [7, 11) is 0. The first-order valence-electron chi connectivity index (χ1n) is 7.10. The van der Waals surface area contributed by atoms with Crippen molar-refractivity contribution < 1.29 is 9.90 Å². The number of anilines is 1. The molecule has 0 saturated carbocycles. The molecule has 3 N–H and O–H groups in total. The van der Waals surface area contributed by atoms with Crippen LogP contribution < -0.4 is 5.73 Å². The van der Waals surface area contributed by atoms with Gasteiger partial charge in [-0.1, -0.05) is 0 Å². The monoisotopic (exact) mass is 416 g/mol. The van der Waals surface area contributed by atoms with Crippen LogP contribution in [-0.4, -0.2) is 54.9 Å². The van der Waals surface area contributed by atoms with Gasteiger partial charge in [-0.3, -0.25) is 4.79 Å². The molecule has 2 aromatic heterocycles. The van der Waals surface area contributed by atoms with E-state index in [1.54, 1.807) is 4.90 Å². The second kappa shape index (κ2) is 5.95. The second-order valence-electron chi connectivity index (χ2n) is 5.45. The summed E-state index contributed by atoms with van der Waals surface area (Å²) in [5.41, 5.74) is 6.60. The largest absolute Gasteiger partial charge is 0.384 e. The van der Waals surface area contributed by atoms with Gasteiger partial charge in [0, 0.05) is 13.1 Å². The molecule has 9 heteroatoms. The zero-order valence-electron chi connectivity index (χ0n) is 12.1. The highest BCUT2D eigenvalue weighted by molar-refractivity contribution is 14.1. The van der Waals surface area contributed by atoms with Crippen molar-refractivity contribution in [3.8, 4) is 0 Å². The van der Waals surface area contributed by atoms with Gasteiger partial charge < -0.3 is 15.7 Å². The van der Waals surface area contributed by atoms with Crippen molar-refractivity contribution in [1.29, 1.82) is 0 Å². The number of amides is 1. The summed E-state index contributed by atoms with van der Waals surface area (Å²) < 4.78 is 2.58. The highest BCUT2D eigenvalue weighted by Gasteiger charge is 2.29. The molecule has 1 aliphatic rings. The number of halogens is 1. The lowest BCUT2D eigenvalue weighted by atomic mass is 10.1. The molecule has 0 aromatic carbocycles. The Hall–Kier alpha value is -1.49. The van der Waals surface area contributed by atoms with E-state index in [2.05, 4.69) is 37.7 Å². The normalized spacial score (nSPS) is 20.3. The van der Waals surface area contributed by atoms with Crippen molar-refractivity contribution in [2.45, 2.75) is 31.9 Å². The number of nitrogens with zero attached hydrogens (tertiary/aromatic N) is 5. The van der Waals surface area contributed by atoms with Gasteiger partial charge in [-0.25, -0.2) is 14.6 Å². The van der Waals surface area contributed by atoms with E-state index in [4.69, 9.17) is 5.73 Å². The van der Waals surface area contributed by atoms with Crippen LogP contribution in [0.4, 0.5) is 5.82 Å². The minimum absolute atomic E-state index is 0.0248. The van der Waals surface area contributed by atoms with E-state index in [1.165, 1.54) is 13.3 Å². The molecule has 3 rings (SSSR count). The number of carbonyl (C=O) groups is 1. The van der Waals surface area contributed by atoms with Crippen LogP contribution in [-0.2, 0) is 4.79 Å². The van der Waals surface area contributed by atoms with E-state index < -0.39 is 6.10 Å². The third kappa shape index (κ3) is 2.62. The summed E-state index contributed by atoms with van der Waals surface area (Å²) in [6.45, 7) is 2.67. The van der Waals surface area contributed by atoms with E-state index in [0.29, 0.717) is 24.6 Å². The van der Waals surface area contributed by atoms with E-state index in [9.17, 15) is 9.90 Å². The number of aliphatic hydroxyl groups is 1. The lowest BCUT2D eigenvalue weighted by Gasteiger charge is -2.33. The van der Waals surface area contributed by atoms with Crippen LogP contribution in [0.25, 0.3) is 11.0 Å². The molecule has 1 saturated heterocycles. The van der Waals surface area contributed by atoms with Crippen LogP contribution >= 0.6 is 22.6 Å². The standard InChI is InChI=1S/C13H17IN6O2/c1-7(21)13(22)19-4-2-3-8(5-19)20-12-9(10(14)18-20)11(15)16-6-17-12/h6-8,21H,2-5H2,1H3,(H2,15,16,17). The number of likely N-dealkylation sites (tertiary alicyclic amines) is 1. The number of hydrogen-bond donors (Lipinski definition) is 2. The van der Waals surface area contributed by atoms with E-state index in [-0.39, 0.29) is 11.9 Å². The Bertz CT molecular complexity index is 716. The van der Waals surface area contributed by atoms with Gasteiger partial charge in [-0.05, 0) is 42.4 Å². The molecular formula is C13H17IN6O2. The minimum Gasteiger partial charge on any atom is -0.384 e. The molecule has 0 radical (unpaired) electrons. The fourth-order valence-corrected chi connectivity index (χ4v) is 3.58. The molecule has 0 aliphatic carbocycles. The van der Waals surface area contributed by atoms with Crippen LogP contribution in [0.15, 0.2) is 6.33 Å². The maximum Gasteiger partial charge on any atom is 0.251 e. The van der Waals surface area contributed by atoms with E-state index in [0.717, 1.165) is 21.9 Å². The Morgan fingerprint density at radius 3 is 3.05 bits per heavy atom. The first-order valence-corrected chi connectivity index (χ1v) is 8.18. The van der Waals surface area contributed by atoms with Crippen molar-refractivity contribution in [1.82, 2.24) is 24.6 Å². The number of nitrogen functional groups attached to an aromatic ring is 1. The van der Waals surface area contributed by atoms with Gasteiger partial charge in [-0.15, -0.1) is 0 Å². The molecule has 0 bridgehead atoms. The summed E-state index contributed by atoms with van der Waals surface area (Å²) in [4.78, 5) is 22.0. The van der Waals surface area contributed by atoms with E-state index in [1.807, 2.05) is 4.68 Å². The van der Waals surface area contributed by atoms with Gasteiger partial charge in [0.2, 0.25) is 0 Å². The minimum atomic E-state index is -0.980. The number of fused-ring (bicyclic) bond motifs is 1. The summed E-state index contributed by atoms with van der Waals surface area (Å²) >= 11 is 2.12. The maximum absolute atomic E-state index is 12.0. The fourth-order valence-electron chi connectivity index (χ4n) is 2.83. The Morgan fingerprint density at radius 1 is 1.55 bits per heavy atom. The molecule has 0 spiro atoms.